The van der Waals surface area contributed by atoms with Gasteiger partial charge in [0.05, 0.1) is 27.3 Å². The van der Waals surface area contributed by atoms with Crippen molar-refractivity contribution in [2.75, 3.05) is 6.54 Å². The van der Waals surface area contributed by atoms with E-state index in [-0.39, 0.29) is 12.5 Å². The molecule has 0 saturated heterocycles. The minimum absolute atomic E-state index is 0.131. The summed E-state index contributed by atoms with van der Waals surface area (Å²) in [6.45, 7) is 2.82. The lowest BCUT2D eigenvalue weighted by atomic mass is 10.2. The maximum absolute atomic E-state index is 12.8. The summed E-state index contributed by atoms with van der Waals surface area (Å²) in [4.78, 5) is 19.0. The van der Waals surface area contributed by atoms with Gasteiger partial charge in [0.2, 0.25) is 17.7 Å². The summed E-state index contributed by atoms with van der Waals surface area (Å²) < 4.78 is 6.84. The van der Waals surface area contributed by atoms with Crippen LogP contribution >= 0.6 is 22.9 Å². The van der Waals surface area contributed by atoms with Crippen molar-refractivity contribution in [2.45, 2.75) is 19.9 Å². The molecule has 0 spiro atoms. The zero-order valence-corrected chi connectivity index (χ0v) is 17.9. The molecular formula is C22H19ClN4O2S. The zero-order valence-electron chi connectivity index (χ0n) is 16.3. The number of hydrogen-bond acceptors (Lipinski definition) is 6. The average Bonchev–Trinajstić information content (AvgIpc) is 3.38. The van der Waals surface area contributed by atoms with Gasteiger partial charge in [-0.2, -0.15) is 0 Å². The fourth-order valence-electron chi connectivity index (χ4n) is 2.97. The molecule has 0 saturated carbocycles. The number of thiazole rings is 1. The van der Waals surface area contributed by atoms with Crippen LogP contribution < -0.4 is 0 Å². The van der Waals surface area contributed by atoms with Crippen molar-refractivity contribution in [1.29, 1.82) is 0 Å². The van der Waals surface area contributed by atoms with Gasteiger partial charge in [0, 0.05) is 12.6 Å². The number of fused-ring (bicyclic) bond motifs is 1. The van der Waals surface area contributed by atoms with E-state index in [2.05, 4.69) is 15.2 Å². The maximum Gasteiger partial charge on any atom is 0.249 e. The molecule has 0 aliphatic heterocycles. The van der Waals surface area contributed by atoms with Crippen molar-refractivity contribution < 1.29 is 9.21 Å². The molecular weight excluding hydrogens is 420 g/mol. The largest absolute Gasteiger partial charge is 0.419 e. The van der Waals surface area contributed by atoms with Crippen LogP contribution in [-0.4, -0.2) is 32.5 Å². The Morgan fingerprint density at radius 2 is 1.97 bits per heavy atom. The van der Waals surface area contributed by atoms with Crippen molar-refractivity contribution >= 4 is 45.1 Å². The molecule has 2 aromatic carbocycles. The highest BCUT2D eigenvalue weighted by Gasteiger charge is 2.17. The molecule has 0 fully saturated rings. The molecule has 6 nitrogen and oxygen atoms in total. The zero-order chi connectivity index (χ0) is 20.9. The average molecular weight is 439 g/mol. The quantitative estimate of drug-likeness (QED) is 0.358. The summed E-state index contributed by atoms with van der Waals surface area (Å²) in [7, 11) is 0. The van der Waals surface area contributed by atoms with E-state index in [1.54, 1.807) is 34.5 Å². The number of nitrogens with zero attached hydrogens (tertiary/aromatic N) is 4. The van der Waals surface area contributed by atoms with Crippen LogP contribution in [0.1, 0.15) is 24.2 Å². The fraction of sp³-hybridized carbons (Fsp3) is 0.182. The van der Waals surface area contributed by atoms with E-state index in [4.69, 9.17) is 16.0 Å². The van der Waals surface area contributed by atoms with Crippen molar-refractivity contribution in [1.82, 2.24) is 20.1 Å². The van der Waals surface area contributed by atoms with Gasteiger partial charge in [-0.15, -0.1) is 21.5 Å². The van der Waals surface area contributed by atoms with Crippen LogP contribution in [0.15, 0.2) is 59.0 Å². The number of hydrogen-bond donors (Lipinski definition) is 0. The third-order valence-corrected chi connectivity index (χ3v) is 5.71. The van der Waals surface area contributed by atoms with Crippen LogP contribution in [0.2, 0.25) is 5.02 Å². The molecule has 0 atom stereocenters. The first-order valence-corrected chi connectivity index (χ1v) is 10.7. The SMILES string of the molecule is CCCN(Cc1nnc(-c2ccccc2Cl)o1)C(=O)/C=C/c1nc2ccccc2s1. The number of carbonyl (C=O) groups excluding carboxylic acids is 1. The van der Waals surface area contributed by atoms with Crippen molar-refractivity contribution in [2.24, 2.45) is 0 Å². The van der Waals surface area contributed by atoms with Crippen molar-refractivity contribution in [3.8, 4) is 11.5 Å². The molecule has 0 aliphatic rings. The van der Waals surface area contributed by atoms with Gasteiger partial charge < -0.3 is 9.32 Å². The molecule has 2 heterocycles. The van der Waals surface area contributed by atoms with E-state index in [1.165, 1.54) is 0 Å². The lowest BCUT2D eigenvalue weighted by Gasteiger charge is -2.18. The van der Waals surface area contributed by atoms with E-state index in [0.717, 1.165) is 21.6 Å². The van der Waals surface area contributed by atoms with Gasteiger partial charge in [-0.25, -0.2) is 4.98 Å². The second-order valence-corrected chi connectivity index (χ2v) is 8.06. The standard InChI is InChI=1S/C22H19ClN4O2S/c1-2-13-27(14-19-25-26-22(29-19)15-7-3-4-8-16(15)23)21(28)12-11-20-24-17-9-5-6-10-18(17)30-20/h3-12H,2,13-14H2,1H3/b12-11+. The minimum atomic E-state index is -0.131. The van der Waals surface area contributed by atoms with Crippen LogP contribution in [0, 0.1) is 0 Å². The van der Waals surface area contributed by atoms with Gasteiger partial charge in [0.1, 0.15) is 5.01 Å². The number of rotatable bonds is 7. The summed E-state index contributed by atoms with van der Waals surface area (Å²) in [6.07, 6.45) is 4.10. The topological polar surface area (TPSA) is 72.1 Å². The Labute approximate surface area is 182 Å². The number of amides is 1. The number of aromatic nitrogens is 3. The monoisotopic (exact) mass is 438 g/mol. The lowest BCUT2D eigenvalue weighted by Crippen LogP contribution is -2.29. The van der Waals surface area contributed by atoms with Gasteiger partial charge in [-0.1, -0.05) is 42.8 Å². The molecule has 0 radical (unpaired) electrons. The molecule has 30 heavy (non-hydrogen) atoms. The first-order chi connectivity index (χ1) is 14.6. The Morgan fingerprint density at radius 1 is 1.17 bits per heavy atom. The van der Waals surface area contributed by atoms with Crippen molar-refractivity contribution in [3.05, 3.63) is 70.5 Å². The highest BCUT2D eigenvalue weighted by molar-refractivity contribution is 7.19. The number of halogens is 1. The molecule has 0 bridgehead atoms. The van der Waals surface area contributed by atoms with Gasteiger partial charge in [0.15, 0.2) is 0 Å². The third-order valence-electron chi connectivity index (χ3n) is 4.38. The Bertz CT molecular complexity index is 1170. The number of carbonyl (C=O) groups is 1. The van der Waals surface area contributed by atoms with Crippen LogP contribution in [0.5, 0.6) is 0 Å². The third kappa shape index (κ3) is 4.58. The molecule has 0 aliphatic carbocycles. The van der Waals surface area contributed by atoms with E-state index >= 15 is 0 Å². The highest BCUT2D eigenvalue weighted by atomic mass is 35.5. The maximum atomic E-state index is 12.8. The van der Waals surface area contributed by atoms with Crippen molar-refractivity contribution in [3.63, 3.8) is 0 Å². The van der Waals surface area contributed by atoms with Crippen LogP contribution in [-0.2, 0) is 11.3 Å². The summed E-state index contributed by atoms with van der Waals surface area (Å²) in [5, 5.41) is 9.48. The first kappa shape index (κ1) is 20.3. The summed E-state index contributed by atoms with van der Waals surface area (Å²) in [5.74, 6) is 0.568. The Kier molecular flexibility index (Phi) is 6.21. The Balaban J connectivity index is 1.48. The smallest absolute Gasteiger partial charge is 0.249 e. The molecule has 2 aromatic heterocycles. The van der Waals surface area contributed by atoms with E-state index < -0.39 is 0 Å². The molecule has 152 valence electrons. The fourth-order valence-corrected chi connectivity index (χ4v) is 4.06. The summed E-state index contributed by atoms with van der Waals surface area (Å²) >= 11 is 7.74. The number of para-hydroxylation sites is 1. The van der Waals surface area contributed by atoms with Gasteiger partial charge in [-0.3, -0.25) is 4.79 Å². The number of benzene rings is 2. The van der Waals surface area contributed by atoms with Crippen LogP contribution in [0.3, 0.4) is 0 Å². The lowest BCUT2D eigenvalue weighted by molar-refractivity contribution is -0.126. The second kappa shape index (κ2) is 9.19. The van der Waals surface area contributed by atoms with E-state index in [1.807, 2.05) is 49.4 Å². The summed E-state index contributed by atoms with van der Waals surface area (Å²) in [5.41, 5.74) is 1.60. The molecule has 8 heteroatoms. The highest BCUT2D eigenvalue weighted by Crippen LogP contribution is 2.26. The molecule has 4 aromatic rings. The predicted molar refractivity (Wildman–Crippen MR) is 119 cm³/mol. The van der Waals surface area contributed by atoms with E-state index in [9.17, 15) is 4.79 Å². The first-order valence-electron chi connectivity index (χ1n) is 9.54. The Hall–Kier alpha value is -3.03. The summed E-state index contributed by atoms with van der Waals surface area (Å²) in [6, 6.07) is 15.2. The van der Waals surface area contributed by atoms with E-state index in [0.29, 0.717) is 28.9 Å². The predicted octanol–water partition coefficient (Wildman–Crippen LogP) is 5.45. The van der Waals surface area contributed by atoms with Crippen LogP contribution in [0.25, 0.3) is 27.7 Å². The van der Waals surface area contributed by atoms with Gasteiger partial charge in [0.25, 0.3) is 0 Å². The second-order valence-electron chi connectivity index (χ2n) is 6.59. The molecule has 4 rings (SSSR count). The molecule has 1 amide bonds. The minimum Gasteiger partial charge on any atom is -0.419 e. The molecule has 0 N–H and O–H groups in total. The van der Waals surface area contributed by atoms with Gasteiger partial charge in [-0.05, 0) is 36.8 Å². The normalized spacial score (nSPS) is 11.4. The van der Waals surface area contributed by atoms with Crippen LogP contribution in [0.4, 0.5) is 0 Å². The van der Waals surface area contributed by atoms with Gasteiger partial charge >= 0.3 is 0 Å². The molecule has 0 unspecified atom stereocenters. The Morgan fingerprint density at radius 3 is 2.77 bits per heavy atom.